The van der Waals surface area contributed by atoms with E-state index in [4.69, 9.17) is 4.74 Å². The van der Waals surface area contributed by atoms with Gasteiger partial charge in [0.15, 0.2) is 0 Å². The number of methoxy groups -OCH3 is 1. The number of nitrogens with zero attached hydrogens (tertiary/aromatic N) is 1. The van der Waals surface area contributed by atoms with Crippen molar-refractivity contribution >= 4 is 11.9 Å². The number of carboxylic acids is 1. The molecule has 5 nitrogen and oxygen atoms in total. The molecule has 1 heterocycles. The second kappa shape index (κ2) is 4.78. The Morgan fingerprint density at radius 3 is 2.63 bits per heavy atom. The molecule has 2 rings (SSSR count). The van der Waals surface area contributed by atoms with Crippen LogP contribution in [0.1, 0.15) is 33.1 Å². The first-order valence-electron chi connectivity index (χ1n) is 6.90. The molecule has 0 aromatic heterocycles. The molecule has 2 fully saturated rings. The van der Waals surface area contributed by atoms with Gasteiger partial charge in [0.25, 0.3) is 0 Å². The van der Waals surface area contributed by atoms with Crippen LogP contribution in [0.15, 0.2) is 0 Å². The fourth-order valence-corrected chi connectivity index (χ4v) is 3.09. The quantitative estimate of drug-likeness (QED) is 0.818. The second-order valence-electron chi connectivity index (χ2n) is 6.29. The highest BCUT2D eigenvalue weighted by Crippen LogP contribution is 2.56. The van der Waals surface area contributed by atoms with Crippen LogP contribution in [0, 0.1) is 16.7 Å². The van der Waals surface area contributed by atoms with E-state index in [1.54, 1.807) is 4.90 Å². The van der Waals surface area contributed by atoms with Gasteiger partial charge in [0, 0.05) is 26.1 Å². The molecular weight excluding hydrogens is 246 g/mol. The lowest BCUT2D eigenvalue weighted by Gasteiger charge is -2.24. The molecule has 5 heteroatoms. The molecule has 1 N–H and O–H groups in total. The molecule has 1 aliphatic carbocycles. The molecule has 0 aromatic carbocycles. The minimum atomic E-state index is -0.915. The molecule has 108 valence electrons. The molecule has 1 saturated carbocycles. The number of ether oxygens (including phenoxy) is 1. The van der Waals surface area contributed by atoms with Crippen molar-refractivity contribution in [2.24, 2.45) is 16.7 Å². The van der Waals surface area contributed by atoms with Crippen LogP contribution in [0.25, 0.3) is 0 Å². The Kier molecular flexibility index (Phi) is 3.60. The summed E-state index contributed by atoms with van der Waals surface area (Å²) in [4.78, 5) is 25.5. The number of hydrogen-bond donors (Lipinski definition) is 1. The molecule has 0 bridgehead atoms. The normalized spacial score (nSPS) is 37.4. The summed E-state index contributed by atoms with van der Waals surface area (Å²) in [5.74, 6) is -0.646. The topological polar surface area (TPSA) is 66.8 Å². The van der Waals surface area contributed by atoms with Crippen molar-refractivity contribution < 1.29 is 19.4 Å². The van der Waals surface area contributed by atoms with Crippen molar-refractivity contribution in [3.63, 3.8) is 0 Å². The third-order valence-electron chi connectivity index (χ3n) is 5.00. The Hall–Kier alpha value is -1.10. The highest BCUT2D eigenvalue weighted by atomic mass is 16.5. The highest BCUT2D eigenvalue weighted by Gasteiger charge is 2.56. The molecule has 0 spiro atoms. The largest absolute Gasteiger partial charge is 0.481 e. The summed E-state index contributed by atoms with van der Waals surface area (Å²) in [5, 5.41) is 9.38. The average Bonchev–Trinajstić information content (AvgIpc) is 2.86. The van der Waals surface area contributed by atoms with Gasteiger partial charge in [-0.15, -0.1) is 0 Å². The maximum atomic E-state index is 12.4. The van der Waals surface area contributed by atoms with Gasteiger partial charge < -0.3 is 14.7 Å². The van der Waals surface area contributed by atoms with Crippen LogP contribution in [0.4, 0.5) is 0 Å². The molecule has 19 heavy (non-hydrogen) atoms. The lowest BCUT2D eigenvalue weighted by molar-refractivity contribution is -0.151. The van der Waals surface area contributed by atoms with Gasteiger partial charge in [-0.05, 0) is 24.7 Å². The van der Waals surface area contributed by atoms with Crippen LogP contribution in [0.3, 0.4) is 0 Å². The first-order chi connectivity index (χ1) is 8.88. The summed E-state index contributed by atoms with van der Waals surface area (Å²) in [6.45, 7) is 5.22. The van der Waals surface area contributed by atoms with E-state index in [9.17, 15) is 14.7 Å². The number of hydrogen-bond acceptors (Lipinski definition) is 3. The third kappa shape index (κ3) is 2.36. The Morgan fingerprint density at radius 1 is 1.47 bits per heavy atom. The molecule has 1 saturated heterocycles. The molecule has 0 radical (unpaired) electrons. The zero-order chi connectivity index (χ0) is 14.3. The highest BCUT2D eigenvalue weighted by molar-refractivity contribution is 5.85. The number of carbonyl (C=O) groups is 2. The maximum Gasteiger partial charge on any atom is 0.313 e. The lowest BCUT2D eigenvalue weighted by Crippen LogP contribution is -2.40. The number of aliphatic carboxylic acids is 1. The summed E-state index contributed by atoms with van der Waals surface area (Å²) in [5.41, 5.74) is -0.783. The number of rotatable bonds is 5. The van der Waals surface area contributed by atoms with Crippen molar-refractivity contribution in [3.05, 3.63) is 0 Å². The van der Waals surface area contributed by atoms with Gasteiger partial charge in [0.2, 0.25) is 5.91 Å². The van der Waals surface area contributed by atoms with Crippen molar-refractivity contribution in [2.45, 2.75) is 33.1 Å². The molecule has 0 aromatic rings. The summed E-state index contributed by atoms with van der Waals surface area (Å²) in [6, 6.07) is 0. The Labute approximate surface area is 113 Å². The van der Waals surface area contributed by atoms with E-state index in [1.807, 2.05) is 0 Å². The van der Waals surface area contributed by atoms with E-state index in [1.165, 1.54) is 7.11 Å². The predicted octanol–water partition coefficient (Wildman–Crippen LogP) is 1.37. The van der Waals surface area contributed by atoms with E-state index >= 15 is 0 Å². The van der Waals surface area contributed by atoms with Gasteiger partial charge in [0.1, 0.15) is 5.41 Å². The van der Waals surface area contributed by atoms with Gasteiger partial charge in [-0.25, -0.2) is 0 Å². The van der Waals surface area contributed by atoms with E-state index < -0.39 is 11.4 Å². The van der Waals surface area contributed by atoms with E-state index in [0.717, 1.165) is 12.8 Å². The predicted molar refractivity (Wildman–Crippen MR) is 69.6 cm³/mol. The summed E-state index contributed by atoms with van der Waals surface area (Å²) >= 11 is 0. The van der Waals surface area contributed by atoms with Crippen LogP contribution in [-0.4, -0.2) is 48.7 Å². The number of amides is 1. The molecular formula is C14H23NO4. The minimum absolute atomic E-state index is 0.0876. The fourth-order valence-electron chi connectivity index (χ4n) is 3.09. The van der Waals surface area contributed by atoms with E-state index in [2.05, 4.69) is 13.8 Å². The first-order valence-corrected chi connectivity index (χ1v) is 6.90. The van der Waals surface area contributed by atoms with Crippen molar-refractivity contribution in [3.8, 4) is 0 Å². The van der Waals surface area contributed by atoms with Crippen LogP contribution in [0.2, 0.25) is 0 Å². The van der Waals surface area contributed by atoms with Gasteiger partial charge in [-0.1, -0.05) is 13.8 Å². The molecule has 1 aliphatic heterocycles. The van der Waals surface area contributed by atoms with Gasteiger partial charge >= 0.3 is 5.97 Å². The maximum absolute atomic E-state index is 12.4. The summed E-state index contributed by atoms with van der Waals surface area (Å²) in [6.07, 6.45) is 2.42. The monoisotopic (exact) mass is 269 g/mol. The number of carbonyl (C=O) groups excluding carboxylic acids is 1. The van der Waals surface area contributed by atoms with E-state index in [0.29, 0.717) is 13.0 Å². The van der Waals surface area contributed by atoms with Crippen molar-refractivity contribution in [1.82, 2.24) is 4.90 Å². The molecule has 2 aliphatic rings. The average molecular weight is 269 g/mol. The SMILES string of the molecule is CCC1(C)CC1C(=O)N1CCC(COC)(C(=O)O)C1. The van der Waals surface area contributed by atoms with Crippen LogP contribution >= 0.6 is 0 Å². The van der Waals surface area contributed by atoms with Crippen LogP contribution in [-0.2, 0) is 14.3 Å². The van der Waals surface area contributed by atoms with Gasteiger partial charge in [-0.3, -0.25) is 9.59 Å². The number of carboxylic acid groups (broad SMARTS) is 1. The second-order valence-corrected chi connectivity index (χ2v) is 6.29. The zero-order valence-electron chi connectivity index (χ0n) is 11.9. The van der Waals surface area contributed by atoms with Gasteiger partial charge in [-0.2, -0.15) is 0 Å². The third-order valence-corrected chi connectivity index (χ3v) is 5.00. The summed E-state index contributed by atoms with van der Waals surface area (Å²) < 4.78 is 5.04. The Balaban J connectivity index is 2.02. The summed E-state index contributed by atoms with van der Waals surface area (Å²) in [7, 11) is 1.50. The Morgan fingerprint density at radius 2 is 2.16 bits per heavy atom. The van der Waals surface area contributed by atoms with Crippen molar-refractivity contribution in [1.29, 1.82) is 0 Å². The molecule has 1 amide bonds. The standard InChI is InChI=1S/C14H23NO4/c1-4-13(2)7-10(13)11(16)15-6-5-14(8-15,9-19-3)12(17)18/h10H,4-9H2,1-3H3,(H,17,18). The van der Waals surface area contributed by atoms with E-state index in [-0.39, 0.29) is 30.4 Å². The van der Waals surface area contributed by atoms with Gasteiger partial charge in [0.05, 0.1) is 6.61 Å². The molecule has 3 atom stereocenters. The first kappa shape index (κ1) is 14.3. The fraction of sp³-hybridized carbons (Fsp3) is 0.857. The number of likely N-dealkylation sites (tertiary alicyclic amines) is 1. The minimum Gasteiger partial charge on any atom is -0.481 e. The van der Waals surface area contributed by atoms with Crippen molar-refractivity contribution in [2.75, 3.05) is 26.8 Å². The zero-order valence-corrected chi connectivity index (χ0v) is 11.9. The Bertz CT molecular complexity index is 397. The molecule has 3 unspecified atom stereocenters. The van der Waals surface area contributed by atoms with Crippen LogP contribution in [0.5, 0.6) is 0 Å². The lowest BCUT2D eigenvalue weighted by atomic mass is 9.88. The smallest absolute Gasteiger partial charge is 0.313 e. The van der Waals surface area contributed by atoms with Crippen LogP contribution < -0.4 is 0 Å².